The van der Waals surface area contributed by atoms with Crippen LogP contribution in [0.1, 0.15) is 5.56 Å². The number of urea groups is 1. The van der Waals surface area contributed by atoms with Gasteiger partial charge in [0, 0.05) is 24.7 Å². The Morgan fingerprint density at radius 3 is 2.44 bits per heavy atom. The van der Waals surface area contributed by atoms with E-state index >= 15 is 0 Å². The van der Waals surface area contributed by atoms with Gasteiger partial charge in [0.05, 0.1) is 19.0 Å². The Bertz CT molecular complexity index is 1510. The van der Waals surface area contributed by atoms with Gasteiger partial charge in [-0.1, -0.05) is 42.5 Å². The highest BCUT2D eigenvalue weighted by Crippen LogP contribution is 2.23. The molecule has 0 fully saturated rings. The van der Waals surface area contributed by atoms with Crippen molar-refractivity contribution in [2.75, 3.05) is 23.8 Å². The molecule has 0 radical (unpaired) electrons. The summed E-state index contributed by atoms with van der Waals surface area (Å²) in [6, 6.07) is 20.2. The Balaban J connectivity index is 1.47. The predicted molar refractivity (Wildman–Crippen MR) is 146 cm³/mol. The third-order valence-corrected chi connectivity index (χ3v) is 6.69. The van der Waals surface area contributed by atoms with Crippen molar-refractivity contribution in [3.05, 3.63) is 97.0 Å². The van der Waals surface area contributed by atoms with E-state index in [0.29, 0.717) is 22.8 Å². The number of amides is 3. The monoisotopic (exact) mass is 549 g/mol. The van der Waals surface area contributed by atoms with Crippen molar-refractivity contribution in [1.29, 1.82) is 0 Å². The van der Waals surface area contributed by atoms with Crippen molar-refractivity contribution >= 4 is 33.5 Å². The van der Waals surface area contributed by atoms with Gasteiger partial charge in [-0.3, -0.25) is 9.52 Å². The summed E-state index contributed by atoms with van der Waals surface area (Å²) in [7, 11) is -1.23. The molecule has 4 rings (SSSR count). The van der Waals surface area contributed by atoms with Crippen LogP contribution in [0.15, 0.2) is 95.9 Å². The Labute approximate surface area is 226 Å². The average molecular weight is 550 g/mol. The first-order valence-electron chi connectivity index (χ1n) is 11.8. The van der Waals surface area contributed by atoms with Gasteiger partial charge in [0.15, 0.2) is 12.2 Å². The number of likely N-dealkylation sites (N-methyl/N-ethyl adjacent to an activating group) is 1. The molecule has 1 aromatic heterocycles. The third kappa shape index (κ3) is 7.36. The van der Waals surface area contributed by atoms with Crippen LogP contribution in [0, 0.1) is 0 Å². The highest BCUT2D eigenvalue weighted by molar-refractivity contribution is 7.91. The molecular weight excluding hydrogens is 522 g/mol. The zero-order chi connectivity index (χ0) is 27.8. The second-order valence-corrected chi connectivity index (χ2v) is 9.88. The lowest BCUT2D eigenvalue weighted by Crippen LogP contribution is -2.53. The number of methoxy groups -OCH3 is 1. The number of carbonyl (C=O) groups excluding carboxylic acids is 2. The van der Waals surface area contributed by atoms with Crippen LogP contribution in [0.25, 0.3) is 11.3 Å². The lowest BCUT2D eigenvalue weighted by atomic mass is 10.0. The van der Waals surface area contributed by atoms with Gasteiger partial charge in [0.25, 0.3) is 0 Å². The van der Waals surface area contributed by atoms with Crippen LogP contribution in [0.4, 0.5) is 16.2 Å². The number of rotatable bonds is 10. The maximum atomic E-state index is 13.4. The summed E-state index contributed by atoms with van der Waals surface area (Å²) < 4.78 is 40.0. The average Bonchev–Trinajstić information content (AvgIpc) is 3.47. The van der Waals surface area contributed by atoms with Crippen LogP contribution in [0.2, 0.25) is 0 Å². The van der Waals surface area contributed by atoms with E-state index in [1.165, 1.54) is 29.6 Å². The fourth-order valence-corrected chi connectivity index (χ4v) is 4.59. The summed E-state index contributed by atoms with van der Waals surface area (Å²) in [5, 5.41) is 2.51. The smallest absolute Gasteiger partial charge is 0.330 e. The maximum absolute atomic E-state index is 13.4. The van der Waals surface area contributed by atoms with E-state index in [2.05, 4.69) is 15.0 Å². The SMILES string of the molecule is COc1ccc(N(C)C(=O)[C@H](Cc2ccccc2)NC(=O)NS(=O)(=O)Nc2cccc(-c3cnco3)c2)cc1. The van der Waals surface area contributed by atoms with Crippen molar-refractivity contribution in [1.82, 2.24) is 15.0 Å². The molecule has 0 spiro atoms. The lowest BCUT2D eigenvalue weighted by molar-refractivity contribution is -0.120. The van der Waals surface area contributed by atoms with Gasteiger partial charge in [-0.2, -0.15) is 8.42 Å². The number of carbonyl (C=O) groups is 2. The number of hydrogen-bond donors (Lipinski definition) is 3. The quantitative estimate of drug-likeness (QED) is 0.274. The Hall–Kier alpha value is -4.84. The first-order valence-corrected chi connectivity index (χ1v) is 13.3. The fraction of sp³-hybridized carbons (Fsp3) is 0.148. The Morgan fingerprint density at radius 2 is 1.77 bits per heavy atom. The summed E-state index contributed by atoms with van der Waals surface area (Å²) in [6.07, 6.45) is 2.89. The van der Waals surface area contributed by atoms with Crippen LogP contribution >= 0.6 is 0 Å². The molecule has 0 aliphatic carbocycles. The largest absolute Gasteiger partial charge is 0.497 e. The standard InChI is InChI=1S/C27H27N5O6S/c1-32(22-11-13-23(37-2)14-12-22)26(33)24(15-19-7-4-3-5-8-19)29-27(34)31-39(35,36)30-21-10-6-9-20(16-21)25-17-28-18-38-25/h3-14,16-18,24,30H,15H2,1-2H3,(H2,29,31,34)/t24-/m0/s1. The van der Waals surface area contributed by atoms with E-state index in [-0.39, 0.29) is 12.1 Å². The number of hydrogen-bond acceptors (Lipinski definition) is 7. The molecule has 1 heterocycles. The van der Waals surface area contributed by atoms with Gasteiger partial charge in [0.2, 0.25) is 5.91 Å². The normalized spacial score (nSPS) is 11.7. The molecule has 12 heteroatoms. The molecule has 202 valence electrons. The number of benzene rings is 3. The third-order valence-electron chi connectivity index (χ3n) is 5.74. The van der Waals surface area contributed by atoms with Crippen LogP contribution in [-0.2, 0) is 21.4 Å². The van der Waals surface area contributed by atoms with E-state index in [0.717, 1.165) is 5.56 Å². The van der Waals surface area contributed by atoms with Gasteiger partial charge in [-0.15, -0.1) is 0 Å². The molecule has 11 nitrogen and oxygen atoms in total. The minimum atomic E-state index is -4.34. The molecule has 3 aromatic carbocycles. The lowest BCUT2D eigenvalue weighted by Gasteiger charge is -2.25. The molecule has 0 aliphatic heterocycles. The summed E-state index contributed by atoms with van der Waals surface area (Å²) in [4.78, 5) is 31.4. The molecule has 1 atom stereocenters. The van der Waals surface area contributed by atoms with Crippen molar-refractivity contribution in [3.8, 4) is 17.1 Å². The molecule has 0 bridgehead atoms. The van der Waals surface area contributed by atoms with Crippen LogP contribution in [0.5, 0.6) is 5.75 Å². The van der Waals surface area contributed by atoms with Crippen LogP contribution < -0.4 is 24.4 Å². The summed E-state index contributed by atoms with van der Waals surface area (Å²) in [5.41, 5.74) is 2.14. The zero-order valence-corrected chi connectivity index (χ0v) is 22.0. The number of nitrogens with zero attached hydrogens (tertiary/aromatic N) is 2. The van der Waals surface area contributed by atoms with Gasteiger partial charge in [0.1, 0.15) is 11.8 Å². The molecule has 4 aromatic rings. The highest BCUT2D eigenvalue weighted by Gasteiger charge is 2.27. The van der Waals surface area contributed by atoms with Gasteiger partial charge < -0.3 is 19.4 Å². The number of ether oxygens (including phenoxy) is 1. The second kappa shape index (κ2) is 12.1. The molecular formula is C27H27N5O6S. The topological polar surface area (TPSA) is 143 Å². The molecule has 3 amide bonds. The summed E-state index contributed by atoms with van der Waals surface area (Å²) in [6.45, 7) is 0. The van der Waals surface area contributed by atoms with Gasteiger partial charge in [-0.05, 0) is 42.0 Å². The van der Waals surface area contributed by atoms with Crippen molar-refractivity contribution < 1.29 is 27.2 Å². The van der Waals surface area contributed by atoms with Gasteiger partial charge >= 0.3 is 16.2 Å². The Morgan fingerprint density at radius 1 is 1.03 bits per heavy atom. The number of anilines is 2. The molecule has 0 aliphatic rings. The van der Waals surface area contributed by atoms with Gasteiger partial charge in [-0.25, -0.2) is 14.5 Å². The van der Waals surface area contributed by atoms with E-state index in [1.807, 2.05) is 35.1 Å². The molecule has 0 saturated carbocycles. The minimum absolute atomic E-state index is 0.139. The van der Waals surface area contributed by atoms with E-state index in [1.54, 1.807) is 50.6 Å². The van der Waals surface area contributed by atoms with Crippen LogP contribution in [0.3, 0.4) is 0 Å². The predicted octanol–water partition coefficient (Wildman–Crippen LogP) is 3.58. The molecule has 3 N–H and O–H groups in total. The first-order chi connectivity index (χ1) is 18.7. The minimum Gasteiger partial charge on any atom is -0.497 e. The molecule has 0 unspecified atom stereocenters. The number of aromatic nitrogens is 1. The molecule has 0 saturated heterocycles. The summed E-state index contributed by atoms with van der Waals surface area (Å²) >= 11 is 0. The van der Waals surface area contributed by atoms with Crippen LogP contribution in [-0.4, -0.2) is 45.5 Å². The highest BCUT2D eigenvalue weighted by atomic mass is 32.2. The number of oxazole rings is 1. The summed E-state index contributed by atoms with van der Waals surface area (Å²) in [5.74, 6) is 0.635. The maximum Gasteiger partial charge on any atom is 0.330 e. The van der Waals surface area contributed by atoms with E-state index in [4.69, 9.17) is 9.15 Å². The van der Waals surface area contributed by atoms with Crippen molar-refractivity contribution in [2.24, 2.45) is 0 Å². The zero-order valence-electron chi connectivity index (χ0n) is 21.2. The fourth-order valence-electron chi connectivity index (χ4n) is 3.80. The van der Waals surface area contributed by atoms with Crippen molar-refractivity contribution in [2.45, 2.75) is 12.5 Å². The molecule has 39 heavy (non-hydrogen) atoms. The first kappa shape index (κ1) is 27.2. The Kier molecular flexibility index (Phi) is 8.46. The van der Waals surface area contributed by atoms with E-state index in [9.17, 15) is 18.0 Å². The number of nitrogens with one attached hydrogen (secondary N) is 3. The van der Waals surface area contributed by atoms with Crippen molar-refractivity contribution in [3.63, 3.8) is 0 Å². The second-order valence-electron chi connectivity index (χ2n) is 8.47. The van der Waals surface area contributed by atoms with E-state index < -0.39 is 28.2 Å².